The lowest BCUT2D eigenvalue weighted by Crippen LogP contribution is -2.32. The molecule has 1 aliphatic carbocycles. The van der Waals surface area contributed by atoms with Gasteiger partial charge in [-0.2, -0.15) is 0 Å². The lowest BCUT2D eigenvalue weighted by atomic mass is 9.91. The number of nitrogens with one attached hydrogen (secondary N) is 1. The van der Waals surface area contributed by atoms with Gasteiger partial charge < -0.3 is 4.74 Å². The Labute approximate surface area is 120 Å². The minimum Gasteiger partial charge on any atom is -0.495 e. The molecule has 3 nitrogen and oxygen atoms in total. The summed E-state index contributed by atoms with van der Waals surface area (Å²) in [4.78, 5) is 0. The van der Waals surface area contributed by atoms with Gasteiger partial charge in [-0.25, -0.2) is 0 Å². The van der Waals surface area contributed by atoms with Crippen LogP contribution in [0.5, 0.6) is 5.75 Å². The molecule has 0 bridgehead atoms. The molecular formula is C15H23ClN2O. The van der Waals surface area contributed by atoms with Gasteiger partial charge in [-0.1, -0.05) is 37.4 Å². The zero-order chi connectivity index (χ0) is 13.8. The van der Waals surface area contributed by atoms with Crippen molar-refractivity contribution in [2.45, 2.75) is 38.6 Å². The molecule has 3 unspecified atom stereocenters. The average molecular weight is 283 g/mol. The van der Waals surface area contributed by atoms with E-state index in [-0.39, 0.29) is 6.04 Å². The van der Waals surface area contributed by atoms with Crippen LogP contribution in [-0.4, -0.2) is 7.11 Å². The van der Waals surface area contributed by atoms with E-state index in [0.29, 0.717) is 16.7 Å². The maximum atomic E-state index is 6.07. The Hall–Kier alpha value is -0.770. The van der Waals surface area contributed by atoms with Crippen LogP contribution in [0, 0.1) is 11.8 Å². The first-order chi connectivity index (χ1) is 9.19. The molecule has 1 saturated carbocycles. The van der Waals surface area contributed by atoms with Crippen LogP contribution in [0.2, 0.25) is 5.02 Å². The Morgan fingerprint density at radius 2 is 2.26 bits per heavy atom. The summed E-state index contributed by atoms with van der Waals surface area (Å²) in [5.74, 6) is 7.93. The lowest BCUT2D eigenvalue weighted by Gasteiger charge is -2.24. The quantitative estimate of drug-likeness (QED) is 0.640. The molecule has 4 heteroatoms. The summed E-state index contributed by atoms with van der Waals surface area (Å²) in [6, 6.07) is 6.09. The maximum absolute atomic E-state index is 6.07. The molecule has 19 heavy (non-hydrogen) atoms. The van der Waals surface area contributed by atoms with E-state index in [1.807, 2.05) is 18.2 Å². The molecule has 0 radical (unpaired) electrons. The van der Waals surface area contributed by atoms with E-state index in [1.165, 1.54) is 25.7 Å². The molecule has 0 spiro atoms. The predicted molar refractivity (Wildman–Crippen MR) is 79.2 cm³/mol. The van der Waals surface area contributed by atoms with Crippen molar-refractivity contribution in [3.05, 3.63) is 28.8 Å². The third-order valence-electron chi connectivity index (χ3n) is 4.34. The molecular weight excluding hydrogens is 260 g/mol. The third kappa shape index (κ3) is 3.22. The monoisotopic (exact) mass is 282 g/mol. The van der Waals surface area contributed by atoms with Crippen LogP contribution >= 0.6 is 11.6 Å². The van der Waals surface area contributed by atoms with E-state index in [2.05, 4.69) is 12.3 Å². The Bertz CT molecular complexity index is 425. The molecule has 0 aliphatic heterocycles. The molecule has 2 rings (SSSR count). The second-order valence-corrected chi connectivity index (χ2v) is 5.79. The van der Waals surface area contributed by atoms with Crippen LogP contribution in [0.25, 0.3) is 0 Å². The average Bonchev–Trinajstić information content (AvgIpc) is 2.90. The molecule has 1 aromatic rings. The molecule has 106 valence electrons. The van der Waals surface area contributed by atoms with Gasteiger partial charge >= 0.3 is 0 Å². The van der Waals surface area contributed by atoms with Gasteiger partial charge in [0.2, 0.25) is 0 Å². The summed E-state index contributed by atoms with van der Waals surface area (Å²) in [6.45, 7) is 2.27. The fraction of sp³-hybridized carbons (Fsp3) is 0.600. The summed E-state index contributed by atoms with van der Waals surface area (Å²) in [7, 11) is 1.64. The van der Waals surface area contributed by atoms with Crippen LogP contribution in [-0.2, 0) is 0 Å². The molecule has 1 fully saturated rings. The fourth-order valence-corrected chi connectivity index (χ4v) is 3.36. The molecule has 0 saturated heterocycles. The third-order valence-corrected chi connectivity index (χ3v) is 4.66. The van der Waals surface area contributed by atoms with Gasteiger partial charge in [-0.15, -0.1) is 0 Å². The number of methoxy groups -OCH3 is 1. The van der Waals surface area contributed by atoms with Gasteiger partial charge in [0.1, 0.15) is 5.75 Å². The zero-order valence-electron chi connectivity index (χ0n) is 11.7. The highest BCUT2D eigenvalue weighted by molar-refractivity contribution is 6.32. The number of halogens is 1. The molecule has 0 amide bonds. The Morgan fingerprint density at radius 3 is 2.84 bits per heavy atom. The summed E-state index contributed by atoms with van der Waals surface area (Å²) >= 11 is 6.07. The van der Waals surface area contributed by atoms with Crippen molar-refractivity contribution in [1.82, 2.24) is 5.43 Å². The van der Waals surface area contributed by atoms with E-state index in [9.17, 15) is 0 Å². The summed E-state index contributed by atoms with van der Waals surface area (Å²) in [5, 5.41) is 0.639. The largest absolute Gasteiger partial charge is 0.495 e. The van der Waals surface area contributed by atoms with Crippen LogP contribution in [0.3, 0.4) is 0 Å². The van der Waals surface area contributed by atoms with Gasteiger partial charge in [0.05, 0.1) is 12.1 Å². The highest BCUT2D eigenvalue weighted by Crippen LogP contribution is 2.41. The first-order valence-corrected chi connectivity index (χ1v) is 7.37. The van der Waals surface area contributed by atoms with Crippen molar-refractivity contribution < 1.29 is 4.74 Å². The van der Waals surface area contributed by atoms with Crippen molar-refractivity contribution in [3.63, 3.8) is 0 Å². The maximum Gasteiger partial charge on any atom is 0.137 e. The van der Waals surface area contributed by atoms with E-state index in [4.69, 9.17) is 22.2 Å². The number of rotatable bonds is 5. The van der Waals surface area contributed by atoms with Gasteiger partial charge in [0, 0.05) is 6.04 Å². The molecule has 1 aliphatic rings. The Balaban J connectivity index is 2.18. The first-order valence-electron chi connectivity index (χ1n) is 6.99. The van der Waals surface area contributed by atoms with Crippen molar-refractivity contribution in [1.29, 1.82) is 0 Å². The minimum absolute atomic E-state index is 0.183. The summed E-state index contributed by atoms with van der Waals surface area (Å²) in [5.41, 5.74) is 4.13. The Kier molecular flexibility index (Phi) is 5.08. The topological polar surface area (TPSA) is 47.3 Å². The highest BCUT2D eigenvalue weighted by Gasteiger charge is 2.30. The van der Waals surface area contributed by atoms with Crippen molar-refractivity contribution in [2.24, 2.45) is 17.7 Å². The van der Waals surface area contributed by atoms with Gasteiger partial charge in [-0.05, 0) is 42.4 Å². The summed E-state index contributed by atoms with van der Waals surface area (Å²) in [6.07, 6.45) is 5.05. The van der Waals surface area contributed by atoms with Crippen molar-refractivity contribution in [3.8, 4) is 5.75 Å². The van der Waals surface area contributed by atoms with Gasteiger partial charge in [0.15, 0.2) is 0 Å². The second kappa shape index (κ2) is 6.60. The molecule has 0 heterocycles. The van der Waals surface area contributed by atoms with E-state index < -0.39 is 0 Å². The lowest BCUT2D eigenvalue weighted by molar-refractivity contribution is 0.356. The van der Waals surface area contributed by atoms with Crippen LogP contribution in [0.15, 0.2) is 18.2 Å². The number of benzene rings is 1. The predicted octanol–water partition coefficient (Wildman–Crippen LogP) is 3.68. The normalized spacial score (nSPS) is 24.4. The number of ether oxygens (including phenoxy) is 1. The van der Waals surface area contributed by atoms with Crippen LogP contribution in [0.4, 0.5) is 0 Å². The molecule has 0 aromatic heterocycles. The smallest absolute Gasteiger partial charge is 0.137 e. The molecule has 3 atom stereocenters. The number of hydrazine groups is 1. The molecule has 1 aromatic carbocycles. The number of nitrogens with two attached hydrogens (primary N) is 1. The summed E-state index contributed by atoms with van der Waals surface area (Å²) < 4.78 is 5.28. The van der Waals surface area contributed by atoms with Gasteiger partial charge in [-0.3, -0.25) is 11.3 Å². The second-order valence-electron chi connectivity index (χ2n) is 5.39. The SMILES string of the molecule is CCC1CCC(C(NN)c2ccc(Cl)c(OC)c2)C1. The number of hydrogen-bond acceptors (Lipinski definition) is 3. The highest BCUT2D eigenvalue weighted by atomic mass is 35.5. The fourth-order valence-electron chi connectivity index (χ4n) is 3.16. The van der Waals surface area contributed by atoms with E-state index >= 15 is 0 Å². The first kappa shape index (κ1) is 14.6. The van der Waals surface area contributed by atoms with Gasteiger partial charge in [0.25, 0.3) is 0 Å². The van der Waals surface area contributed by atoms with E-state index in [1.54, 1.807) is 7.11 Å². The van der Waals surface area contributed by atoms with E-state index in [0.717, 1.165) is 11.5 Å². The number of hydrogen-bond donors (Lipinski definition) is 2. The molecule has 3 N–H and O–H groups in total. The van der Waals surface area contributed by atoms with Crippen molar-refractivity contribution in [2.75, 3.05) is 7.11 Å². The van der Waals surface area contributed by atoms with Crippen LogP contribution in [0.1, 0.15) is 44.2 Å². The van der Waals surface area contributed by atoms with Crippen LogP contribution < -0.4 is 16.0 Å². The van der Waals surface area contributed by atoms with Crippen molar-refractivity contribution >= 4 is 11.6 Å². The zero-order valence-corrected chi connectivity index (χ0v) is 12.4. The Morgan fingerprint density at radius 1 is 1.47 bits per heavy atom. The standard InChI is InChI=1S/C15H23ClN2O/c1-3-10-4-5-11(8-10)15(18-17)12-6-7-13(16)14(9-12)19-2/h6-7,9-11,15,18H,3-5,8,17H2,1-2H3. The minimum atomic E-state index is 0.183.